The molecule has 0 radical (unpaired) electrons. The molecule has 1 aromatic rings. The Bertz CT molecular complexity index is 316. The van der Waals surface area contributed by atoms with Crippen LogP contribution in [0.2, 0.25) is 0 Å². The highest BCUT2D eigenvalue weighted by molar-refractivity contribution is 5.69. The summed E-state index contributed by atoms with van der Waals surface area (Å²) in [6.45, 7) is 5.54. The molecule has 1 heterocycles. The lowest BCUT2D eigenvalue weighted by molar-refractivity contribution is 1.16. The van der Waals surface area contributed by atoms with Crippen LogP contribution in [0, 0.1) is 11.3 Å². The van der Waals surface area contributed by atoms with Crippen molar-refractivity contribution in [2.75, 3.05) is 23.7 Å². The summed E-state index contributed by atoms with van der Waals surface area (Å²) in [4.78, 5) is 4.05. The molecule has 0 bridgehead atoms. The lowest BCUT2D eigenvalue weighted by atomic mass is 10.2. The van der Waals surface area contributed by atoms with E-state index in [2.05, 4.69) is 21.7 Å². The molecule has 0 aromatic carbocycles. The summed E-state index contributed by atoms with van der Waals surface area (Å²) in [6.07, 6.45) is 3.34. The first kappa shape index (κ1) is 10.3. The zero-order valence-electron chi connectivity index (χ0n) is 8.46. The van der Waals surface area contributed by atoms with Crippen molar-refractivity contribution < 1.29 is 0 Å². The highest BCUT2D eigenvalue weighted by Crippen LogP contribution is 2.21. The summed E-state index contributed by atoms with van der Waals surface area (Å²) in [6, 6.07) is 2.17. The van der Waals surface area contributed by atoms with Crippen molar-refractivity contribution in [3.05, 3.63) is 18.0 Å². The molecular weight excluding hydrogens is 176 g/mol. The molecule has 74 valence electrons. The molecule has 2 N–H and O–H groups in total. The fourth-order valence-electron chi connectivity index (χ4n) is 1.23. The molecule has 4 nitrogen and oxygen atoms in total. The number of anilines is 2. The van der Waals surface area contributed by atoms with Gasteiger partial charge in [-0.2, -0.15) is 5.26 Å². The van der Waals surface area contributed by atoms with Crippen molar-refractivity contribution in [2.45, 2.75) is 13.8 Å². The van der Waals surface area contributed by atoms with E-state index in [0.717, 1.165) is 24.5 Å². The number of pyridine rings is 1. The highest BCUT2D eigenvalue weighted by atomic mass is 14.9. The van der Waals surface area contributed by atoms with Crippen LogP contribution in [0.15, 0.2) is 12.4 Å². The second kappa shape index (κ2) is 5.07. The standard InChI is InChI=1S/C10H14N4/c1-3-13-9-6-12-7-10(14-4-2)8(9)5-11/h6-7,13-14H,3-4H2,1-2H3. The van der Waals surface area contributed by atoms with Gasteiger partial charge in [0.05, 0.1) is 23.8 Å². The monoisotopic (exact) mass is 190 g/mol. The first-order valence-corrected chi connectivity index (χ1v) is 4.69. The predicted octanol–water partition coefficient (Wildman–Crippen LogP) is 1.82. The average Bonchev–Trinajstić information content (AvgIpc) is 2.19. The first-order valence-electron chi connectivity index (χ1n) is 4.69. The van der Waals surface area contributed by atoms with Gasteiger partial charge in [0.15, 0.2) is 0 Å². The fraction of sp³-hybridized carbons (Fsp3) is 0.400. The van der Waals surface area contributed by atoms with Crippen LogP contribution < -0.4 is 10.6 Å². The molecule has 0 unspecified atom stereocenters. The Labute approximate surface area is 84.0 Å². The largest absolute Gasteiger partial charge is 0.383 e. The van der Waals surface area contributed by atoms with Crippen LogP contribution in [0.3, 0.4) is 0 Å². The third kappa shape index (κ3) is 2.13. The van der Waals surface area contributed by atoms with Gasteiger partial charge < -0.3 is 10.6 Å². The van der Waals surface area contributed by atoms with Gasteiger partial charge in [-0.3, -0.25) is 4.98 Å². The maximum atomic E-state index is 8.99. The van der Waals surface area contributed by atoms with Crippen LogP contribution >= 0.6 is 0 Å². The van der Waals surface area contributed by atoms with Gasteiger partial charge in [-0.15, -0.1) is 0 Å². The van der Waals surface area contributed by atoms with Gasteiger partial charge in [-0.25, -0.2) is 0 Å². The molecule has 1 aromatic heterocycles. The van der Waals surface area contributed by atoms with Gasteiger partial charge in [-0.05, 0) is 13.8 Å². The van der Waals surface area contributed by atoms with E-state index >= 15 is 0 Å². The third-order valence-electron chi connectivity index (χ3n) is 1.79. The molecule has 0 saturated carbocycles. The SMILES string of the molecule is CCNc1cncc(NCC)c1C#N. The minimum atomic E-state index is 0.628. The Balaban J connectivity index is 3.06. The Morgan fingerprint density at radius 1 is 1.21 bits per heavy atom. The summed E-state index contributed by atoms with van der Waals surface area (Å²) in [7, 11) is 0. The molecule has 0 spiro atoms. The molecular formula is C10H14N4. The normalized spacial score (nSPS) is 9.21. The maximum absolute atomic E-state index is 8.99. The predicted molar refractivity (Wildman–Crippen MR) is 57.3 cm³/mol. The number of nitrogens with zero attached hydrogens (tertiary/aromatic N) is 2. The van der Waals surface area contributed by atoms with Crippen molar-refractivity contribution >= 4 is 11.4 Å². The van der Waals surface area contributed by atoms with Crippen LogP contribution in [0.25, 0.3) is 0 Å². The van der Waals surface area contributed by atoms with Crippen molar-refractivity contribution in [2.24, 2.45) is 0 Å². The van der Waals surface area contributed by atoms with E-state index in [9.17, 15) is 0 Å². The van der Waals surface area contributed by atoms with Gasteiger partial charge >= 0.3 is 0 Å². The Hall–Kier alpha value is -1.76. The van der Waals surface area contributed by atoms with Gasteiger partial charge in [-0.1, -0.05) is 0 Å². The number of nitrogens with one attached hydrogen (secondary N) is 2. The van der Waals surface area contributed by atoms with Crippen LogP contribution in [0.5, 0.6) is 0 Å². The lowest BCUT2D eigenvalue weighted by Gasteiger charge is -2.09. The molecule has 4 heteroatoms. The van der Waals surface area contributed by atoms with E-state index in [1.165, 1.54) is 0 Å². The lowest BCUT2D eigenvalue weighted by Crippen LogP contribution is -2.05. The smallest absolute Gasteiger partial charge is 0.104 e. The Kier molecular flexibility index (Phi) is 3.74. The zero-order chi connectivity index (χ0) is 10.4. The summed E-state index contributed by atoms with van der Waals surface area (Å²) >= 11 is 0. The van der Waals surface area contributed by atoms with Crippen LogP contribution in [0.4, 0.5) is 11.4 Å². The quantitative estimate of drug-likeness (QED) is 0.760. The van der Waals surface area contributed by atoms with E-state index in [4.69, 9.17) is 5.26 Å². The van der Waals surface area contributed by atoms with Crippen LogP contribution in [-0.4, -0.2) is 18.1 Å². The van der Waals surface area contributed by atoms with E-state index in [1.807, 2.05) is 13.8 Å². The van der Waals surface area contributed by atoms with Gasteiger partial charge in [0.2, 0.25) is 0 Å². The molecule has 0 saturated heterocycles. The van der Waals surface area contributed by atoms with Gasteiger partial charge in [0.1, 0.15) is 11.6 Å². The highest BCUT2D eigenvalue weighted by Gasteiger charge is 2.06. The summed E-state index contributed by atoms with van der Waals surface area (Å²) < 4.78 is 0. The van der Waals surface area contributed by atoms with Gasteiger partial charge in [0, 0.05) is 13.1 Å². The second-order valence-electron chi connectivity index (χ2n) is 2.78. The Morgan fingerprint density at radius 3 is 2.07 bits per heavy atom. The first-order chi connectivity index (χ1) is 6.83. The van der Waals surface area contributed by atoms with Crippen LogP contribution in [0.1, 0.15) is 19.4 Å². The molecule has 0 aliphatic carbocycles. The van der Waals surface area contributed by atoms with E-state index in [-0.39, 0.29) is 0 Å². The zero-order valence-corrected chi connectivity index (χ0v) is 8.46. The number of hydrogen-bond acceptors (Lipinski definition) is 4. The Morgan fingerprint density at radius 2 is 1.71 bits per heavy atom. The summed E-state index contributed by atoms with van der Waals surface area (Å²) in [5.41, 5.74) is 2.20. The average molecular weight is 190 g/mol. The minimum absolute atomic E-state index is 0.628. The van der Waals surface area contributed by atoms with Gasteiger partial charge in [0.25, 0.3) is 0 Å². The molecule has 0 aliphatic rings. The summed E-state index contributed by atoms with van der Waals surface area (Å²) in [5, 5.41) is 15.2. The molecule has 1 rings (SSSR count). The van der Waals surface area contributed by atoms with E-state index in [1.54, 1.807) is 12.4 Å². The second-order valence-corrected chi connectivity index (χ2v) is 2.78. The molecule has 0 atom stereocenters. The van der Waals surface area contributed by atoms with Crippen molar-refractivity contribution in [3.63, 3.8) is 0 Å². The maximum Gasteiger partial charge on any atom is 0.104 e. The molecule has 0 aliphatic heterocycles. The molecule has 0 amide bonds. The number of rotatable bonds is 4. The van der Waals surface area contributed by atoms with Crippen molar-refractivity contribution in [3.8, 4) is 6.07 Å². The minimum Gasteiger partial charge on any atom is -0.383 e. The van der Waals surface area contributed by atoms with Crippen LogP contribution in [-0.2, 0) is 0 Å². The van der Waals surface area contributed by atoms with Crippen molar-refractivity contribution in [1.82, 2.24) is 4.98 Å². The number of nitriles is 1. The fourth-order valence-corrected chi connectivity index (χ4v) is 1.23. The molecule has 14 heavy (non-hydrogen) atoms. The third-order valence-corrected chi connectivity index (χ3v) is 1.79. The summed E-state index contributed by atoms with van der Waals surface area (Å²) in [5.74, 6) is 0. The number of hydrogen-bond donors (Lipinski definition) is 2. The topological polar surface area (TPSA) is 60.7 Å². The van der Waals surface area contributed by atoms with Crippen molar-refractivity contribution in [1.29, 1.82) is 5.26 Å². The number of aromatic nitrogens is 1. The van der Waals surface area contributed by atoms with E-state index < -0.39 is 0 Å². The molecule has 0 fully saturated rings. The van der Waals surface area contributed by atoms with E-state index in [0.29, 0.717) is 5.56 Å².